The summed E-state index contributed by atoms with van der Waals surface area (Å²) in [7, 11) is 0. The number of aryl methyl sites for hydroxylation is 1. The maximum Gasteiger partial charge on any atom is 0.193 e. The van der Waals surface area contributed by atoms with E-state index in [1.165, 1.54) is 16.5 Å². The largest absolute Gasteiger partial charge is 0.494 e. The van der Waals surface area contributed by atoms with Crippen molar-refractivity contribution in [2.45, 2.75) is 26.7 Å². The lowest BCUT2D eigenvalue weighted by atomic mass is 10.1. The van der Waals surface area contributed by atoms with E-state index in [2.05, 4.69) is 39.7 Å². The molecule has 0 atom stereocenters. The van der Waals surface area contributed by atoms with Gasteiger partial charge in [-0.05, 0) is 50.5 Å². The number of para-hydroxylation sites is 1. The summed E-state index contributed by atoms with van der Waals surface area (Å²) in [5.74, 6) is 1.86. The van der Waals surface area contributed by atoms with E-state index in [4.69, 9.17) is 15.2 Å². The van der Waals surface area contributed by atoms with Crippen molar-refractivity contribution in [3.05, 3.63) is 54.2 Å². The molecular formula is C22H29IN4O2. The minimum absolute atomic E-state index is 0. The summed E-state index contributed by atoms with van der Waals surface area (Å²) in [5.41, 5.74) is 9.31. The van der Waals surface area contributed by atoms with Gasteiger partial charge in [-0.1, -0.05) is 18.2 Å². The number of aromatic nitrogens is 1. The fraction of sp³-hybridized carbons (Fsp3) is 0.318. The van der Waals surface area contributed by atoms with Crippen molar-refractivity contribution in [3.63, 3.8) is 0 Å². The third-order valence-electron chi connectivity index (χ3n) is 4.39. The van der Waals surface area contributed by atoms with Crippen LogP contribution in [0.25, 0.3) is 10.9 Å². The van der Waals surface area contributed by atoms with Gasteiger partial charge in [0.1, 0.15) is 11.5 Å². The third-order valence-corrected chi connectivity index (χ3v) is 4.39. The molecule has 156 valence electrons. The van der Waals surface area contributed by atoms with Crippen LogP contribution in [0.2, 0.25) is 0 Å². The molecule has 0 saturated heterocycles. The number of guanidine groups is 1. The zero-order valence-electron chi connectivity index (χ0n) is 16.9. The summed E-state index contributed by atoms with van der Waals surface area (Å²) in [4.78, 5) is 7.76. The van der Waals surface area contributed by atoms with Gasteiger partial charge in [0.15, 0.2) is 5.96 Å². The summed E-state index contributed by atoms with van der Waals surface area (Å²) >= 11 is 0. The van der Waals surface area contributed by atoms with E-state index in [1.807, 2.05) is 38.1 Å². The van der Waals surface area contributed by atoms with Crippen LogP contribution in [-0.4, -0.2) is 30.7 Å². The number of rotatable bonds is 9. The molecule has 1 aromatic heterocycles. The highest BCUT2D eigenvalue weighted by Gasteiger charge is 2.07. The lowest BCUT2D eigenvalue weighted by molar-refractivity contribution is 0.332. The first-order valence-electron chi connectivity index (χ1n) is 9.72. The first-order chi connectivity index (χ1) is 13.7. The minimum atomic E-state index is 0. The Labute approximate surface area is 188 Å². The number of H-pyrrole nitrogens is 1. The maximum atomic E-state index is 6.08. The molecule has 0 unspecified atom stereocenters. The molecule has 4 N–H and O–H groups in total. The Bertz CT molecular complexity index is 939. The molecule has 0 bridgehead atoms. The van der Waals surface area contributed by atoms with Crippen molar-refractivity contribution < 1.29 is 9.47 Å². The Morgan fingerprint density at radius 1 is 1.10 bits per heavy atom. The smallest absolute Gasteiger partial charge is 0.193 e. The molecule has 3 aromatic rings. The van der Waals surface area contributed by atoms with E-state index < -0.39 is 0 Å². The number of nitrogens with one attached hydrogen (secondary N) is 2. The molecule has 0 aliphatic carbocycles. The van der Waals surface area contributed by atoms with Crippen molar-refractivity contribution in [2.24, 2.45) is 10.7 Å². The SMILES string of the molecule is CCOc1ccc(OCC)c(NC(N)=NCCCc2c[nH]c3ccccc23)c1.I. The highest BCUT2D eigenvalue weighted by Crippen LogP contribution is 2.29. The number of aliphatic imine (C=N–C) groups is 1. The molecule has 0 aliphatic rings. The molecule has 2 aromatic carbocycles. The highest BCUT2D eigenvalue weighted by molar-refractivity contribution is 14.0. The predicted molar refractivity (Wildman–Crippen MR) is 131 cm³/mol. The molecule has 0 spiro atoms. The van der Waals surface area contributed by atoms with Crippen molar-refractivity contribution in [3.8, 4) is 11.5 Å². The number of fused-ring (bicyclic) bond motifs is 1. The summed E-state index contributed by atoms with van der Waals surface area (Å²) in [6, 6.07) is 14.0. The molecular weight excluding hydrogens is 479 g/mol. The number of hydrogen-bond donors (Lipinski definition) is 3. The molecule has 3 rings (SSSR count). The molecule has 0 aliphatic heterocycles. The van der Waals surface area contributed by atoms with E-state index in [0.29, 0.717) is 25.7 Å². The molecule has 7 heteroatoms. The normalized spacial score (nSPS) is 11.2. The van der Waals surface area contributed by atoms with Gasteiger partial charge in [-0.2, -0.15) is 0 Å². The Kier molecular flexibility index (Phi) is 9.11. The summed E-state index contributed by atoms with van der Waals surface area (Å²) < 4.78 is 11.2. The zero-order valence-corrected chi connectivity index (χ0v) is 19.2. The van der Waals surface area contributed by atoms with Crippen LogP contribution in [0.1, 0.15) is 25.8 Å². The van der Waals surface area contributed by atoms with Gasteiger partial charge in [0.25, 0.3) is 0 Å². The average Bonchev–Trinajstić information content (AvgIpc) is 3.11. The second kappa shape index (κ2) is 11.5. The van der Waals surface area contributed by atoms with Gasteiger partial charge in [-0.3, -0.25) is 4.99 Å². The number of ether oxygens (including phenoxy) is 2. The van der Waals surface area contributed by atoms with Crippen molar-refractivity contribution in [1.82, 2.24) is 4.98 Å². The van der Waals surface area contributed by atoms with Gasteiger partial charge in [0.05, 0.1) is 18.9 Å². The fourth-order valence-corrected chi connectivity index (χ4v) is 3.13. The maximum absolute atomic E-state index is 6.08. The number of hydrogen-bond acceptors (Lipinski definition) is 3. The lowest BCUT2D eigenvalue weighted by Crippen LogP contribution is -2.23. The number of aromatic amines is 1. The summed E-state index contributed by atoms with van der Waals surface area (Å²) in [6.07, 6.45) is 3.94. The van der Waals surface area contributed by atoms with Crippen molar-refractivity contribution in [1.29, 1.82) is 0 Å². The molecule has 1 heterocycles. The van der Waals surface area contributed by atoms with E-state index in [-0.39, 0.29) is 24.0 Å². The van der Waals surface area contributed by atoms with Crippen molar-refractivity contribution in [2.75, 3.05) is 25.1 Å². The number of halogens is 1. The molecule has 0 fully saturated rings. The molecule has 0 amide bonds. The van der Waals surface area contributed by atoms with Crippen molar-refractivity contribution >= 4 is 46.5 Å². The summed E-state index contributed by atoms with van der Waals surface area (Å²) in [6.45, 7) is 5.72. The quantitative estimate of drug-likeness (QED) is 0.165. The minimum Gasteiger partial charge on any atom is -0.494 e. The third kappa shape index (κ3) is 6.28. The van der Waals surface area contributed by atoms with E-state index >= 15 is 0 Å². The number of nitrogens with zero attached hydrogens (tertiary/aromatic N) is 1. The molecule has 0 saturated carbocycles. The second-order valence-corrected chi connectivity index (χ2v) is 6.38. The van der Waals surface area contributed by atoms with E-state index in [9.17, 15) is 0 Å². The molecule has 0 radical (unpaired) electrons. The highest BCUT2D eigenvalue weighted by atomic mass is 127. The first kappa shape index (κ1) is 22.9. The van der Waals surface area contributed by atoms with Crippen LogP contribution < -0.4 is 20.5 Å². The van der Waals surface area contributed by atoms with Gasteiger partial charge >= 0.3 is 0 Å². The molecule has 6 nitrogen and oxygen atoms in total. The Balaban J connectivity index is 0.00000300. The zero-order chi connectivity index (χ0) is 19.8. The number of nitrogens with two attached hydrogens (primary N) is 1. The van der Waals surface area contributed by atoms with Crippen LogP contribution in [0.3, 0.4) is 0 Å². The Morgan fingerprint density at radius 2 is 1.90 bits per heavy atom. The van der Waals surface area contributed by atoms with Crippen LogP contribution in [0.4, 0.5) is 5.69 Å². The Hall–Kier alpha value is -2.42. The first-order valence-corrected chi connectivity index (χ1v) is 9.72. The van der Waals surface area contributed by atoms with Crippen LogP contribution in [0.5, 0.6) is 11.5 Å². The van der Waals surface area contributed by atoms with Gasteiger partial charge in [0.2, 0.25) is 0 Å². The summed E-state index contributed by atoms with van der Waals surface area (Å²) in [5, 5.41) is 4.40. The van der Waals surface area contributed by atoms with Crippen LogP contribution in [0.15, 0.2) is 53.7 Å². The monoisotopic (exact) mass is 508 g/mol. The molecule has 29 heavy (non-hydrogen) atoms. The predicted octanol–water partition coefficient (Wildman–Crippen LogP) is 4.94. The van der Waals surface area contributed by atoms with E-state index in [1.54, 1.807) is 0 Å². The number of anilines is 1. The second-order valence-electron chi connectivity index (χ2n) is 6.38. The fourth-order valence-electron chi connectivity index (χ4n) is 3.13. The number of benzene rings is 2. The lowest BCUT2D eigenvalue weighted by Gasteiger charge is -2.14. The van der Waals surface area contributed by atoms with Gasteiger partial charge < -0.3 is 25.5 Å². The van der Waals surface area contributed by atoms with Gasteiger partial charge in [0, 0.05) is 29.7 Å². The van der Waals surface area contributed by atoms with Gasteiger partial charge in [-0.25, -0.2) is 0 Å². The average molecular weight is 508 g/mol. The van der Waals surface area contributed by atoms with Crippen LogP contribution >= 0.6 is 24.0 Å². The topological polar surface area (TPSA) is 84.7 Å². The van der Waals surface area contributed by atoms with Gasteiger partial charge in [-0.15, -0.1) is 24.0 Å². The Morgan fingerprint density at radius 3 is 2.69 bits per heavy atom. The standard InChI is InChI=1S/C22H28N4O2.HI/c1-3-27-17-11-12-21(28-4-2)20(14-17)26-22(23)24-13-7-8-16-15-25-19-10-6-5-9-18(16)19;/h5-6,9-12,14-15,25H,3-4,7-8,13H2,1-2H3,(H3,23,24,26);1H. The van der Waals surface area contributed by atoms with Crippen LogP contribution in [0, 0.1) is 0 Å². The van der Waals surface area contributed by atoms with E-state index in [0.717, 1.165) is 30.0 Å². The van der Waals surface area contributed by atoms with Crippen LogP contribution in [-0.2, 0) is 6.42 Å².